The highest BCUT2D eigenvalue weighted by molar-refractivity contribution is 5.92. The molecule has 0 radical (unpaired) electrons. The Morgan fingerprint density at radius 1 is 1.30 bits per heavy atom. The molecular weight excluding hydrogens is 256 g/mol. The minimum absolute atomic E-state index is 0.0159. The lowest BCUT2D eigenvalue weighted by molar-refractivity contribution is 0.0949. The number of anilines is 1. The van der Waals surface area contributed by atoms with Gasteiger partial charge in [-0.15, -0.1) is 10.2 Å². The Bertz CT molecular complexity index is 435. The second-order valence-electron chi connectivity index (χ2n) is 5.12. The maximum Gasteiger partial charge on any atom is 0.271 e. The molecule has 1 fully saturated rings. The van der Waals surface area contributed by atoms with Crippen molar-refractivity contribution < 1.29 is 9.90 Å². The highest BCUT2D eigenvalue weighted by atomic mass is 16.3. The van der Waals surface area contributed by atoms with Crippen LogP contribution in [0.4, 0.5) is 5.82 Å². The highest BCUT2D eigenvalue weighted by Crippen LogP contribution is 2.20. The molecule has 1 saturated carbocycles. The van der Waals surface area contributed by atoms with Gasteiger partial charge in [-0.05, 0) is 31.9 Å². The van der Waals surface area contributed by atoms with Crippen molar-refractivity contribution in [2.75, 3.05) is 11.9 Å². The van der Waals surface area contributed by atoms with Crippen LogP contribution in [0.3, 0.4) is 0 Å². The van der Waals surface area contributed by atoms with E-state index in [-0.39, 0.29) is 18.1 Å². The first-order valence-corrected chi connectivity index (χ1v) is 7.27. The van der Waals surface area contributed by atoms with Gasteiger partial charge < -0.3 is 15.7 Å². The van der Waals surface area contributed by atoms with Gasteiger partial charge in [0.15, 0.2) is 5.69 Å². The minimum atomic E-state index is -0.345. The second kappa shape index (κ2) is 7.19. The molecule has 2 atom stereocenters. The maximum absolute atomic E-state index is 11.6. The van der Waals surface area contributed by atoms with Crippen LogP contribution in [0.1, 0.15) is 49.5 Å². The van der Waals surface area contributed by atoms with Crippen molar-refractivity contribution in [3.63, 3.8) is 0 Å². The van der Waals surface area contributed by atoms with E-state index in [1.165, 1.54) is 0 Å². The first kappa shape index (κ1) is 14.7. The molecule has 0 aliphatic heterocycles. The monoisotopic (exact) mass is 278 g/mol. The number of hydrogen-bond donors (Lipinski definition) is 3. The topological polar surface area (TPSA) is 87.1 Å². The van der Waals surface area contributed by atoms with Crippen LogP contribution in [-0.2, 0) is 0 Å². The van der Waals surface area contributed by atoms with Gasteiger partial charge in [0.2, 0.25) is 0 Å². The van der Waals surface area contributed by atoms with Crippen molar-refractivity contribution in [3.05, 3.63) is 17.8 Å². The zero-order chi connectivity index (χ0) is 14.4. The largest absolute Gasteiger partial charge is 0.391 e. The van der Waals surface area contributed by atoms with Gasteiger partial charge in [0.1, 0.15) is 5.82 Å². The van der Waals surface area contributed by atoms with Gasteiger partial charge in [-0.25, -0.2) is 0 Å². The molecule has 1 aromatic rings. The average Bonchev–Trinajstić information content (AvgIpc) is 2.65. The molecule has 1 aromatic heterocycles. The number of amides is 1. The summed E-state index contributed by atoms with van der Waals surface area (Å²) in [6.45, 7) is 2.42. The summed E-state index contributed by atoms with van der Waals surface area (Å²) < 4.78 is 0. The van der Waals surface area contributed by atoms with Crippen LogP contribution in [0.2, 0.25) is 0 Å². The van der Waals surface area contributed by atoms with Crippen molar-refractivity contribution in [1.29, 1.82) is 0 Å². The number of aliphatic hydroxyl groups excluding tert-OH is 1. The fourth-order valence-corrected chi connectivity index (χ4v) is 2.43. The van der Waals surface area contributed by atoms with Crippen LogP contribution in [0.5, 0.6) is 0 Å². The summed E-state index contributed by atoms with van der Waals surface area (Å²) in [6, 6.07) is 3.39. The molecule has 0 bridgehead atoms. The molecule has 1 aliphatic carbocycles. The van der Waals surface area contributed by atoms with Crippen molar-refractivity contribution in [3.8, 4) is 0 Å². The Balaban J connectivity index is 1.97. The minimum Gasteiger partial charge on any atom is -0.391 e. The number of carbonyl (C=O) groups excluding carboxylic acids is 1. The van der Waals surface area contributed by atoms with Crippen molar-refractivity contribution in [2.24, 2.45) is 0 Å². The van der Waals surface area contributed by atoms with Crippen LogP contribution < -0.4 is 10.6 Å². The molecule has 110 valence electrons. The normalized spacial score (nSPS) is 22.9. The Hall–Kier alpha value is -1.69. The van der Waals surface area contributed by atoms with Gasteiger partial charge in [-0.3, -0.25) is 4.79 Å². The van der Waals surface area contributed by atoms with Gasteiger partial charge in [-0.1, -0.05) is 19.3 Å². The number of nitrogens with one attached hydrogen (secondary N) is 2. The molecule has 6 heteroatoms. The molecule has 1 aliphatic rings. The average molecular weight is 278 g/mol. The summed E-state index contributed by atoms with van der Waals surface area (Å²) in [5, 5.41) is 23.9. The van der Waals surface area contributed by atoms with Gasteiger partial charge in [0.25, 0.3) is 5.91 Å². The summed E-state index contributed by atoms with van der Waals surface area (Å²) in [4.78, 5) is 11.6. The smallest absolute Gasteiger partial charge is 0.271 e. The van der Waals surface area contributed by atoms with Gasteiger partial charge >= 0.3 is 0 Å². The molecule has 20 heavy (non-hydrogen) atoms. The summed E-state index contributed by atoms with van der Waals surface area (Å²) in [7, 11) is 0. The third-order valence-corrected chi connectivity index (χ3v) is 3.55. The van der Waals surface area contributed by atoms with Gasteiger partial charge in [0.05, 0.1) is 12.1 Å². The standard InChI is InChI=1S/C14H22N4O2/c1-2-15-14(20)11-8-9-13(18-17-11)16-10-6-4-3-5-7-12(10)19/h8-10,12,19H,2-7H2,1H3,(H,15,20)(H,16,18). The van der Waals surface area contributed by atoms with Crippen LogP contribution in [-0.4, -0.2) is 39.9 Å². The van der Waals surface area contributed by atoms with Crippen molar-refractivity contribution >= 4 is 11.7 Å². The van der Waals surface area contributed by atoms with Crippen molar-refractivity contribution in [1.82, 2.24) is 15.5 Å². The first-order chi connectivity index (χ1) is 9.70. The molecule has 0 aromatic carbocycles. The van der Waals surface area contributed by atoms with E-state index in [1.807, 2.05) is 6.92 Å². The van der Waals surface area contributed by atoms with Crippen LogP contribution in [0, 0.1) is 0 Å². The molecule has 0 saturated heterocycles. The van der Waals surface area contributed by atoms with E-state index >= 15 is 0 Å². The van der Waals surface area contributed by atoms with Gasteiger partial charge in [0, 0.05) is 6.54 Å². The number of hydrogen-bond acceptors (Lipinski definition) is 5. The zero-order valence-electron chi connectivity index (χ0n) is 11.8. The van der Waals surface area contributed by atoms with E-state index in [0.29, 0.717) is 18.1 Å². The number of carbonyl (C=O) groups is 1. The molecule has 0 spiro atoms. The Morgan fingerprint density at radius 2 is 2.10 bits per heavy atom. The number of nitrogens with zero attached hydrogens (tertiary/aromatic N) is 2. The molecule has 3 N–H and O–H groups in total. The number of aliphatic hydroxyl groups is 1. The fourth-order valence-electron chi connectivity index (χ4n) is 2.43. The molecule has 2 unspecified atom stereocenters. The number of rotatable bonds is 4. The third kappa shape index (κ3) is 3.90. The molecule has 2 rings (SSSR count). The Morgan fingerprint density at radius 3 is 2.80 bits per heavy atom. The number of aromatic nitrogens is 2. The van der Waals surface area contributed by atoms with Crippen LogP contribution in [0.15, 0.2) is 12.1 Å². The van der Waals surface area contributed by atoms with E-state index in [2.05, 4.69) is 20.8 Å². The van der Waals surface area contributed by atoms with Crippen molar-refractivity contribution in [2.45, 2.75) is 51.2 Å². The molecule has 1 amide bonds. The predicted molar refractivity (Wildman–Crippen MR) is 76.5 cm³/mol. The summed E-state index contributed by atoms with van der Waals surface area (Å²) >= 11 is 0. The lowest BCUT2D eigenvalue weighted by Gasteiger charge is -2.21. The summed E-state index contributed by atoms with van der Waals surface area (Å²) in [5.41, 5.74) is 0.304. The van der Waals surface area contributed by atoms with Gasteiger partial charge in [-0.2, -0.15) is 0 Å². The zero-order valence-corrected chi connectivity index (χ0v) is 11.8. The predicted octanol–water partition coefficient (Wildman–Crippen LogP) is 1.33. The quantitative estimate of drug-likeness (QED) is 0.723. The summed E-state index contributed by atoms with van der Waals surface area (Å²) in [6.07, 6.45) is 4.75. The molecule has 1 heterocycles. The Labute approximate surface area is 119 Å². The SMILES string of the molecule is CCNC(=O)c1ccc(NC2CCCCCC2O)nn1. The highest BCUT2D eigenvalue weighted by Gasteiger charge is 2.21. The lowest BCUT2D eigenvalue weighted by Crippen LogP contribution is -2.33. The second-order valence-corrected chi connectivity index (χ2v) is 5.12. The lowest BCUT2D eigenvalue weighted by atomic mass is 10.1. The fraction of sp³-hybridized carbons (Fsp3) is 0.643. The van der Waals surface area contributed by atoms with E-state index in [4.69, 9.17) is 0 Å². The first-order valence-electron chi connectivity index (χ1n) is 7.27. The van der Waals surface area contributed by atoms with E-state index < -0.39 is 0 Å². The molecular formula is C14H22N4O2. The van der Waals surface area contributed by atoms with E-state index in [0.717, 1.165) is 32.1 Å². The maximum atomic E-state index is 11.6. The molecule has 6 nitrogen and oxygen atoms in total. The Kier molecular flexibility index (Phi) is 5.29. The van der Waals surface area contributed by atoms with Crippen LogP contribution >= 0.6 is 0 Å². The third-order valence-electron chi connectivity index (χ3n) is 3.55. The van der Waals surface area contributed by atoms with E-state index in [1.54, 1.807) is 12.1 Å². The van der Waals surface area contributed by atoms with Crippen LogP contribution in [0.25, 0.3) is 0 Å². The van der Waals surface area contributed by atoms with E-state index in [9.17, 15) is 9.90 Å². The summed E-state index contributed by atoms with van der Waals surface area (Å²) in [5.74, 6) is 0.380.